The van der Waals surface area contributed by atoms with Gasteiger partial charge in [-0.25, -0.2) is 0 Å². The van der Waals surface area contributed by atoms with Crippen LogP contribution in [-0.2, 0) is 19.3 Å². The highest BCUT2D eigenvalue weighted by Gasteiger charge is 2.36. The van der Waals surface area contributed by atoms with Crippen molar-refractivity contribution in [1.82, 2.24) is 0 Å². The van der Waals surface area contributed by atoms with Crippen LogP contribution in [0.4, 0.5) is 0 Å². The summed E-state index contributed by atoms with van der Waals surface area (Å²) in [6.07, 6.45) is 54.0. The lowest BCUT2D eigenvalue weighted by Crippen LogP contribution is -2.22. The fourth-order valence-corrected chi connectivity index (χ4v) is 12.1. The van der Waals surface area contributed by atoms with Crippen LogP contribution in [0.1, 0.15) is 137 Å². The fourth-order valence-electron chi connectivity index (χ4n) is 12.1. The molecular weight excluding hydrogens is 697 g/mol. The van der Waals surface area contributed by atoms with Crippen molar-refractivity contribution in [2.24, 2.45) is 5.92 Å². The van der Waals surface area contributed by atoms with Crippen molar-refractivity contribution in [3.63, 3.8) is 0 Å². The lowest BCUT2D eigenvalue weighted by atomic mass is 9.66. The second-order valence-electron chi connectivity index (χ2n) is 18.1. The first kappa shape index (κ1) is 34.6. The van der Waals surface area contributed by atoms with E-state index in [1.54, 1.807) is 39.0 Å². The molecule has 0 bridgehead atoms. The number of fused-ring (bicyclic) bond motifs is 8. The molecule has 0 amide bonds. The van der Waals surface area contributed by atoms with Gasteiger partial charge in [-0.15, -0.1) is 0 Å². The van der Waals surface area contributed by atoms with Gasteiger partial charge in [0.25, 0.3) is 0 Å². The summed E-state index contributed by atoms with van der Waals surface area (Å²) in [7, 11) is 0. The van der Waals surface area contributed by atoms with Gasteiger partial charge in [0.2, 0.25) is 0 Å². The van der Waals surface area contributed by atoms with Crippen LogP contribution in [0.15, 0.2) is 149 Å². The topological polar surface area (TPSA) is 0 Å². The smallest absolute Gasteiger partial charge is 0.0136 e. The number of benzene rings is 3. The van der Waals surface area contributed by atoms with Gasteiger partial charge >= 0.3 is 0 Å². The van der Waals surface area contributed by atoms with Gasteiger partial charge in [0.15, 0.2) is 0 Å². The maximum absolute atomic E-state index is 2.70. The summed E-state index contributed by atoms with van der Waals surface area (Å²) in [5.41, 5.74) is 28.7. The Balaban J connectivity index is 0.989. The molecule has 3 atom stereocenters. The summed E-state index contributed by atoms with van der Waals surface area (Å²) in [5.74, 6) is 1.35. The predicted molar refractivity (Wildman–Crippen MR) is 246 cm³/mol. The lowest BCUT2D eigenvalue weighted by Gasteiger charge is -2.38. The predicted octanol–water partition coefficient (Wildman–Crippen LogP) is 14.9. The molecule has 3 aromatic carbocycles. The average Bonchev–Trinajstić information content (AvgIpc) is 3.30. The minimum atomic E-state index is 0.369. The zero-order valence-corrected chi connectivity index (χ0v) is 33.7. The van der Waals surface area contributed by atoms with Crippen LogP contribution in [0.3, 0.4) is 0 Å². The number of aryl methyl sites for hydroxylation is 1. The summed E-state index contributed by atoms with van der Waals surface area (Å²) in [4.78, 5) is 0. The van der Waals surface area contributed by atoms with Crippen molar-refractivity contribution in [2.75, 3.05) is 0 Å². The summed E-state index contributed by atoms with van der Waals surface area (Å²) in [6.45, 7) is 0. The number of hydrogen-bond acceptors (Lipinski definition) is 0. The quantitative estimate of drug-likeness (QED) is 0.249. The molecule has 58 heavy (non-hydrogen) atoms. The molecule has 0 aromatic heterocycles. The Bertz CT molecular complexity index is 2690. The average molecular weight is 749 g/mol. The van der Waals surface area contributed by atoms with Crippen molar-refractivity contribution in [3.05, 3.63) is 210 Å². The molecule has 9 aliphatic rings. The second-order valence-corrected chi connectivity index (χ2v) is 18.1. The monoisotopic (exact) mass is 748 g/mol. The zero-order chi connectivity index (χ0) is 38.2. The molecule has 0 nitrogen and oxygen atoms in total. The van der Waals surface area contributed by atoms with Gasteiger partial charge in [0, 0.05) is 11.8 Å². The number of rotatable bonds is 4. The van der Waals surface area contributed by atoms with Crippen LogP contribution < -0.4 is 0 Å². The summed E-state index contributed by atoms with van der Waals surface area (Å²) in [5, 5.41) is 0. The third-order valence-corrected chi connectivity index (χ3v) is 15.1. The number of hydrogen-bond donors (Lipinski definition) is 0. The van der Waals surface area contributed by atoms with E-state index in [4.69, 9.17) is 0 Å². The first-order chi connectivity index (χ1) is 28.7. The van der Waals surface area contributed by atoms with Crippen molar-refractivity contribution < 1.29 is 0 Å². The Kier molecular flexibility index (Phi) is 8.42. The highest BCUT2D eigenvalue weighted by Crippen LogP contribution is 2.53. The van der Waals surface area contributed by atoms with Crippen molar-refractivity contribution in [1.29, 1.82) is 0 Å². The van der Waals surface area contributed by atoms with E-state index in [9.17, 15) is 0 Å². The van der Waals surface area contributed by atoms with Gasteiger partial charge in [0.05, 0.1) is 0 Å². The minimum absolute atomic E-state index is 0.369. The maximum atomic E-state index is 2.70. The number of allylic oxidation sites excluding steroid dienone is 20. The van der Waals surface area contributed by atoms with Crippen LogP contribution in [0, 0.1) is 5.92 Å². The summed E-state index contributed by atoms with van der Waals surface area (Å²) < 4.78 is 0. The van der Waals surface area contributed by atoms with E-state index >= 15 is 0 Å². The third-order valence-electron chi connectivity index (χ3n) is 15.1. The molecule has 0 saturated heterocycles. The Hall–Kier alpha value is -5.46. The van der Waals surface area contributed by atoms with Gasteiger partial charge in [-0.05, 0) is 201 Å². The van der Waals surface area contributed by atoms with Crippen LogP contribution in [0.25, 0.3) is 35.5 Å². The fraction of sp³-hybridized carbons (Fsp3) is 0.276. The Morgan fingerprint density at radius 3 is 2.45 bits per heavy atom. The van der Waals surface area contributed by atoms with E-state index in [0.717, 1.165) is 44.9 Å². The van der Waals surface area contributed by atoms with Crippen LogP contribution in [-0.4, -0.2) is 0 Å². The van der Waals surface area contributed by atoms with Crippen molar-refractivity contribution >= 4 is 35.5 Å². The van der Waals surface area contributed by atoms with E-state index in [1.165, 1.54) is 105 Å². The molecule has 0 saturated carbocycles. The molecular formula is C58H52. The normalized spacial score (nSPS) is 24.7. The molecule has 9 aliphatic carbocycles. The summed E-state index contributed by atoms with van der Waals surface area (Å²) in [6, 6.07) is 17.1. The van der Waals surface area contributed by atoms with E-state index in [-0.39, 0.29) is 0 Å². The van der Waals surface area contributed by atoms with E-state index < -0.39 is 0 Å². The molecule has 3 aromatic rings. The standard InChI is InChI=1S/C58H52/c1-2-14-40-31-41(24-23-37(40)11-1)42-25-26-44-33-45(28-27-43(44)32-42)46-29-30-53-54(34-46)58-36-55(49-21-9-15-38-12-3-5-17-47(38)49)51-19-7-8-20-52(51)57(58)35-56(53)50-22-10-16-39-13-4-6-18-48(39)50/h1,3-4,7-13,15-16,19,21-22,27-28,31-36,48,50,52H,2,5-6,14,17-18,20,23-26,29-30H2. The maximum Gasteiger partial charge on any atom is 0.0136 e. The highest BCUT2D eigenvalue weighted by atomic mass is 14.4. The molecule has 284 valence electrons. The van der Waals surface area contributed by atoms with Crippen LogP contribution in [0.2, 0.25) is 0 Å². The zero-order valence-electron chi connectivity index (χ0n) is 33.7. The molecule has 3 unspecified atom stereocenters. The van der Waals surface area contributed by atoms with Gasteiger partial charge in [-0.1, -0.05) is 134 Å². The lowest BCUT2D eigenvalue weighted by molar-refractivity contribution is 0.503. The molecule has 0 radical (unpaired) electrons. The Labute approximate surface area is 345 Å². The minimum Gasteiger partial charge on any atom is -0.0842 e. The van der Waals surface area contributed by atoms with E-state index in [2.05, 4.69) is 140 Å². The van der Waals surface area contributed by atoms with Crippen LogP contribution in [0.5, 0.6) is 0 Å². The van der Waals surface area contributed by atoms with Crippen molar-refractivity contribution in [2.45, 2.75) is 95.3 Å². The Morgan fingerprint density at radius 2 is 1.45 bits per heavy atom. The molecule has 0 fully saturated rings. The van der Waals surface area contributed by atoms with Crippen molar-refractivity contribution in [3.8, 4) is 0 Å². The van der Waals surface area contributed by atoms with E-state index in [0.29, 0.717) is 17.8 Å². The SMILES string of the molecule is C1=CCC2C(=C1)C(c1cccc3c1CCC=C3)=Cc1c2cc(C2C=CC=C3C=CCCC32)c2c1C=C(c1ccc3c(c1)CCC(C1=CC4=C(C=CCC4)CC1)=C3)CC2. The third kappa shape index (κ3) is 5.78. The molecule has 0 heterocycles. The summed E-state index contributed by atoms with van der Waals surface area (Å²) >= 11 is 0. The molecule has 12 rings (SSSR count). The van der Waals surface area contributed by atoms with Crippen LogP contribution >= 0.6 is 0 Å². The first-order valence-corrected chi connectivity index (χ1v) is 22.5. The Morgan fingerprint density at radius 1 is 0.552 bits per heavy atom. The van der Waals surface area contributed by atoms with E-state index in [1.807, 2.05) is 0 Å². The molecule has 0 aliphatic heterocycles. The molecule has 0 N–H and O–H groups in total. The largest absolute Gasteiger partial charge is 0.0842 e. The highest BCUT2D eigenvalue weighted by molar-refractivity contribution is 6.01. The molecule has 0 spiro atoms. The van der Waals surface area contributed by atoms with Gasteiger partial charge in [-0.2, -0.15) is 0 Å². The van der Waals surface area contributed by atoms with Gasteiger partial charge in [-0.3, -0.25) is 0 Å². The molecule has 0 heteroatoms. The van der Waals surface area contributed by atoms with Gasteiger partial charge in [0.1, 0.15) is 0 Å². The van der Waals surface area contributed by atoms with Gasteiger partial charge < -0.3 is 0 Å². The second kappa shape index (κ2) is 14.1. The first-order valence-electron chi connectivity index (χ1n) is 22.5.